The zero-order valence-corrected chi connectivity index (χ0v) is 22.2. The molecule has 7 heteroatoms. The van der Waals surface area contributed by atoms with Crippen LogP contribution in [0.3, 0.4) is 0 Å². The molecule has 0 saturated heterocycles. The van der Waals surface area contributed by atoms with Crippen molar-refractivity contribution >= 4 is 28.7 Å². The molecule has 2 heterocycles. The summed E-state index contributed by atoms with van der Waals surface area (Å²) in [6, 6.07) is 26.6. The molecule has 0 saturated carbocycles. The molecule has 0 aliphatic rings. The molecule has 7 nitrogen and oxygen atoms in total. The third-order valence-corrected chi connectivity index (χ3v) is 6.34. The number of pyridine rings is 1. The molecule has 0 aliphatic heterocycles. The molecule has 3 aromatic carbocycles. The molecule has 1 N–H and O–H groups in total. The van der Waals surface area contributed by atoms with Crippen LogP contribution in [-0.4, -0.2) is 32.9 Å². The number of hydrogen-bond donors (Lipinski definition) is 1. The predicted molar refractivity (Wildman–Crippen MR) is 152 cm³/mol. The van der Waals surface area contributed by atoms with Crippen molar-refractivity contribution in [1.29, 1.82) is 0 Å². The number of esters is 1. The van der Waals surface area contributed by atoms with Crippen LogP contribution in [0.5, 0.6) is 0 Å². The summed E-state index contributed by atoms with van der Waals surface area (Å²) < 4.78 is 5.45. The van der Waals surface area contributed by atoms with Crippen molar-refractivity contribution in [2.45, 2.75) is 33.8 Å². The lowest BCUT2D eigenvalue weighted by molar-refractivity contribution is -0.123. The van der Waals surface area contributed by atoms with Gasteiger partial charge in [0, 0.05) is 16.8 Å². The van der Waals surface area contributed by atoms with E-state index in [2.05, 4.69) is 10.3 Å². The number of benzene rings is 3. The van der Waals surface area contributed by atoms with Gasteiger partial charge in [0.25, 0.3) is 5.91 Å². The third kappa shape index (κ3) is 5.83. The molecule has 194 valence electrons. The van der Waals surface area contributed by atoms with Gasteiger partial charge in [-0.05, 0) is 58.0 Å². The van der Waals surface area contributed by atoms with Crippen molar-refractivity contribution in [1.82, 2.24) is 15.0 Å². The maximum Gasteiger partial charge on any atom is 0.338 e. The second kappa shape index (κ2) is 10.8. The van der Waals surface area contributed by atoms with E-state index in [9.17, 15) is 9.59 Å². The molecule has 0 spiro atoms. The van der Waals surface area contributed by atoms with Crippen LogP contribution in [0, 0.1) is 20.8 Å². The van der Waals surface area contributed by atoms with E-state index in [1.807, 2.05) is 75.4 Å². The van der Waals surface area contributed by atoms with Gasteiger partial charge < -0.3 is 10.1 Å². The quantitative estimate of drug-likeness (QED) is 0.260. The predicted octanol–water partition coefficient (Wildman–Crippen LogP) is 6.47. The molecule has 1 amide bonds. The normalized spacial score (nSPS) is 11.7. The molecule has 5 rings (SSSR count). The molecular formula is C32H28N4O3. The summed E-state index contributed by atoms with van der Waals surface area (Å²) in [4.78, 5) is 39.6. The Morgan fingerprint density at radius 2 is 1.31 bits per heavy atom. The molecule has 5 aromatic rings. The molecular weight excluding hydrogens is 488 g/mol. The minimum Gasteiger partial charge on any atom is -0.449 e. The molecule has 1 unspecified atom stereocenters. The molecule has 1 atom stereocenters. The van der Waals surface area contributed by atoms with Crippen LogP contribution in [0.1, 0.15) is 34.1 Å². The number of carbonyl (C=O) groups excluding carboxylic acids is 2. The van der Waals surface area contributed by atoms with Crippen molar-refractivity contribution < 1.29 is 14.3 Å². The molecule has 39 heavy (non-hydrogen) atoms. The van der Waals surface area contributed by atoms with Gasteiger partial charge in [0.2, 0.25) is 0 Å². The van der Waals surface area contributed by atoms with Gasteiger partial charge in [0.15, 0.2) is 6.10 Å². The smallest absolute Gasteiger partial charge is 0.338 e. The maximum atomic E-state index is 13.0. The summed E-state index contributed by atoms with van der Waals surface area (Å²) in [7, 11) is 0. The van der Waals surface area contributed by atoms with Gasteiger partial charge in [0.1, 0.15) is 5.82 Å². The maximum absolute atomic E-state index is 13.0. The lowest BCUT2D eigenvalue weighted by Crippen LogP contribution is -2.30. The number of fused-ring (bicyclic) bond motifs is 1. The minimum absolute atomic E-state index is 0.281. The van der Waals surface area contributed by atoms with E-state index in [-0.39, 0.29) is 5.56 Å². The summed E-state index contributed by atoms with van der Waals surface area (Å²) in [6.07, 6.45) is -1.02. The zero-order chi connectivity index (χ0) is 27.5. The summed E-state index contributed by atoms with van der Waals surface area (Å²) in [6.45, 7) is 7.43. The molecule has 2 aromatic heterocycles. The number of hydrogen-bond acceptors (Lipinski definition) is 6. The van der Waals surface area contributed by atoms with Crippen molar-refractivity contribution in [3.8, 4) is 22.5 Å². The van der Waals surface area contributed by atoms with Gasteiger partial charge in [0.05, 0.1) is 28.0 Å². The number of nitrogens with one attached hydrogen (secondary N) is 1. The summed E-state index contributed by atoms with van der Waals surface area (Å²) >= 11 is 0. The van der Waals surface area contributed by atoms with Crippen LogP contribution in [-0.2, 0) is 9.53 Å². The largest absolute Gasteiger partial charge is 0.449 e. The standard InChI is InChI=1S/C32H28N4O3/c1-19-8-12-23(13-9-19)29-30(24-14-10-20(2)11-15-24)35-27-18-25(16-17-26(27)34-29)32(38)39-22(4)31(37)36-28-7-5-6-21(3)33-28/h5-18,22H,1-4H3,(H,33,36,37). The topological polar surface area (TPSA) is 94.1 Å². The first-order valence-electron chi connectivity index (χ1n) is 12.7. The Hall–Kier alpha value is -4.91. The summed E-state index contributed by atoms with van der Waals surface area (Å²) in [5.41, 5.74) is 7.91. The van der Waals surface area contributed by atoms with Gasteiger partial charge >= 0.3 is 5.97 Å². The highest BCUT2D eigenvalue weighted by molar-refractivity contribution is 5.98. The lowest BCUT2D eigenvalue weighted by atomic mass is 10.0. The lowest BCUT2D eigenvalue weighted by Gasteiger charge is -2.14. The highest BCUT2D eigenvalue weighted by Crippen LogP contribution is 2.31. The molecule has 0 aliphatic carbocycles. The van der Waals surface area contributed by atoms with Crippen molar-refractivity contribution in [3.05, 3.63) is 107 Å². The number of anilines is 1. The second-order valence-electron chi connectivity index (χ2n) is 9.56. The Labute approximate surface area is 226 Å². The van der Waals surface area contributed by atoms with Crippen LogP contribution in [0.4, 0.5) is 5.82 Å². The van der Waals surface area contributed by atoms with E-state index in [1.54, 1.807) is 30.3 Å². The van der Waals surface area contributed by atoms with Gasteiger partial charge in [-0.15, -0.1) is 0 Å². The second-order valence-corrected chi connectivity index (χ2v) is 9.56. The van der Waals surface area contributed by atoms with Gasteiger partial charge in [-0.1, -0.05) is 65.7 Å². The fourth-order valence-corrected chi connectivity index (χ4v) is 4.13. The number of ether oxygens (including phenoxy) is 1. The van der Waals surface area contributed by atoms with Crippen LogP contribution in [0.25, 0.3) is 33.5 Å². The van der Waals surface area contributed by atoms with Gasteiger partial charge in [-0.2, -0.15) is 0 Å². The SMILES string of the molecule is Cc1ccc(-c2nc3ccc(C(=O)OC(C)C(=O)Nc4cccc(C)n4)cc3nc2-c2ccc(C)cc2)cc1. The highest BCUT2D eigenvalue weighted by atomic mass is 16.5. The fourth-order valence-electron chi connectivity index (χ4n) is 4.13. The summed E-state index contributed by atoms with van der Waals surface area (Å²) in [5, 5.41) is 2.67. The van der Waals surface area contributed by atoms with E-state index in [4.69, 9.17) is 14.7 Å². The van der Waals surface area contributed by atoms with Crippen LogP contribution in [0.2, 0.25) is 0 Å². The Morgan fingerprint density at radius 1 is 0.718 bits per heavy atom. The van der Waals surface area contributed by atoms with Crippen LogP contribution < -0.4 is 5.32 Å². The monoisotopic (exact) mass is 516 g/mol. The Morgan fingerprint density at radius 3 is 1.90 bits per heavy atom. The molecule has 0 bridgehead atoms. The first kappa shape index (κ1) is 25.7. The van der Waals surface area contributed by atoms with Crippen molar-refractivity contribution in [3.63, 3.8) is 0 Å². The van der Waals surface area contributed by atoms with Crippen molar-refractivity contribution in [2.75, 3.05) is 5.32 Å². The first-order chi connectivity index (χ1) is 18.8. The summed E-state index contributed by atoms with van der Waals surface area (Å²) in [5.74, 6) is -0.693. The zero-order valence-electron chi connectivity index (χ0n) is 22.2. The number of rotatable bonds is 6. The minimum atomic E-state index is -1.02. The number of amides is 1. The van der Waals surface area contributed by atoms with Gasteiger partial charge in [-0.3, -0.25) is 4.79 Å². The Bertz CT molecular complexity index is 1680. The van der Waals surface area contributed by atoms with Crippen LogP contribution in [0.15, 0.2) is 84.9 Å². The van der Waals surface area contributed by atoms with E-state index in [0.29, 0.717) is 16.9 Å². The Kier molecular flexibility index (Phi) is 7.14. The van der Waals surface area contributed by atoms with Crippen molar-refractivity contribution in [2.24, 2.45) is 0 Å². The number of aryl methyl sites for hydroxylation is 3. The number of nitrogens with zero attached hydrogens (tertiary/aromatic N) is 3. The average molecular weight is 517 g/mol. The number of carbonyl (C=O) groups is 2. The van der Waals surface area contributed by atoms with E-state index < -0.39 is 18.0 Å². The highest BCUT2D eigenvalue weighted by Gasteiger charge is 2.21. The first-order valence-corrected chi connectivity index (χ1v) is 12.7. The third-order valence-electron chi connectivity index (χ3n) is 6.34. The average Bonchev–Trinajstić information content (AvgIpc) is 2.93. The van der Waals surface area contributed by atoms with E-state index in [1.165, 1.54) is 6.92 Å². The molecule has 0 fully saturated rings. The van der Waals surface area contributed by atoms with Crippen LogP contribution >= 0.6 is 0 Å². The Balaban J connectivity index is 1.45. The fraction of sp³-hybridized carbons (Fsp3) is 0.156. The number of aromatic nitrogens is 3. The molecule has 0 radical (unpaired) electrons. The van der Waals surface area contributed by atoms with E-state index >= 15 is 0 Å². The van der Waals surface area contributed by atoms with E-state index in [0.717, 1.165) is 39.3 Å². The van der Waals surface area contributed by atoms with Gasteiger partial charge in [-0.25, -0.2) is 19.7 Å².